The SMILES string of the molecule is CC1(C(=O)Nc2c(F)c(F)c(F)c(F)c2F)CCCCN1. The molecule has 1 aromatic rings. The molecule has 1 fully saturated rings. The van der Waals surface area contributed by atoms with Crippen LogP contribution in [0.25, 0.3) is 0 Å². The van der Waals surface area contributed by atoms with Crippen molar-refractivity contribution in [2.75, 3.05) is 11.9 Å². The van der Waals surface area contributed by atoms with Gasteiger partial charge in [-0.05, 0) is 32.7 Å². The van der Waals surface area contributed by atoms with E-state index in [1.807, 2.05) is 0 Å². The van der Waals surface area contributed by atoms with Gasteiger partial charge in [-0.15, -0.1) is 0 Å². The molecule has 1 atom stereocenters. The third-order valence-corrected chi connectivity index (χ3v) is 3.57. The number of piperidine rings is 1. The number of amides is 1. The molecule has 0 spiro atoms. The number of carbonyl (C=O) groups excluding carboxylic acids is 1. The van der Waals surface area contributed by atoms with Gasteiger partial charge >= 0.3 is 0 Å². The molecule has 1 heterocycles. The second-order valence-electron chi connectivity index (χ2n) is 5.12. The van der Waals surface area contributed by atoms with Crippen molar-refractivity contribution in [2.45, 2.75) is 31.7 Å². The Bertz CT molecular complexity index is 555. The molecule has 2 rings (SSSR count). The maximum absolute atomic E-state index is 13.5. The number of rotatable bonds is 2. The van der Waals surface area contributed by atoms with Gasteiger partial charge in [0.2, 0.25) is 11.7 Å². The minimum Gasteiger partial charge on any atom is -0.319 e. The molecule has 116 valence electrons. The van der Waals surface area contributed by atoms with E-state index in [4.69, 9.17) is 0 Å². The van der Waals surface area contributed by atoms with Gasteiger partial charge in [-0.2, -0.15) is 0 Å². The lowest BCUT2D eigenvalue weighted by molar-refractivity contribution is -0.122. The van der Waals surface area contributed by atoms with Crippen LogP contribution >= 0.6 is 0 Å². The summed E-state index contributed by atoms with van der Waals surface area (Å²) >= 11 is 0. The summed E-state index contributed by atoms with van der Waals surface area (Å²) in [7, 11) is 0. The van der Waals surface area contributed by atoms with E-state index in [1.165, 1.54) is 6.92 Å². The molecule has 0 aliphatic carbocycles. The predicted octanol–water partition coefficient (Wildman–Crippen LogP) is 2.85. The minimum atomic E-state index is -2.26. The molecule has 1 amide bonds. The van der Waals surface area contributed by atoms with Crippen LogP contribution in [0.4, 0.5) is 27.6 Å². The van der Waals surface area contributed by atoms with Gasteiger partial charge in [0.25, 0.3) is 0 Å². The Morgan fingerprint density at radius 2 is 1.52 bits per heavy atom. The highest BCUT2D eigenvalue weighted by molar-refractivity contribution is 5.98. The summed E-state index contributed by atoms with van der Waals surface area (Å²) in [6.45, 7) is 2.04. The molecule has 0 saturated carbocycles. The van der Waals surface area contributed by atoms with Crippen LogP contribution in [0.15, 0.2) is 0 Å². The van der Waals surface area contributed by atoms with Crippen molar-refractivity contribution < 1.29 is 26.7 Å². The van der Waals surface area contributed by atoms with Gasteiger partial charge in [-0.25, -0.2) is 22.0 Å². The van der Waals surface area contributed by atoms with Crippen LogP contribution in [-0.4, -0.2) is 18.0 Å². The number of anilines is 1. The molecule has 0 bridgehead atoms. The lowest BCUT2D eigenvalue weighted by Gasteiger charge is -2.33. The van der Waals surface area contributed by atoms with E-state index in [0.29, 0.717) is 19.4 Å². The van der Waals surface area contributed by atoms with Crippen molar-refractivity contribution in [2.24, 2.45) is 0 Å². The first-order chi connectivity index (χ1) is 9.78. The van der Waals surface area contributed by atoms with Gasteiger partial charge in [0.05, 0.1) is 5.54 Å². The molecule has 1 saturated heterocycles. The first-order valence-corrected chi connectivity index (χ1v) is 6.36. The Hall–Kier alpha value is -1.70. The second kappa shape index (κ2) is 5.59. The molecule has 0 radical (unpaired) electrons. The smallest absolute Gasteiger partial charge is 0.244 e. The van der Waals surface area contributed by atoms with Crippen LogP contribution in [0.2, 0.25) is 0 Å². The average Bonchev–Trinajstić information content (AvgIpc) is 2.48. The quantitative estimate of drug-likeness (QED) is 0.501. The van der Waals surface area contributed by atoms with Crippen LogP contribution in [0.3, 0.4) is 0 Å². The van der Waals surface area contributed by atoms with Crippen molar-refractivity contribution in [3.63, 3.8) is 0 Å². The van der Waals surface area contributed by atoms with E-state index >= 15 is 0 Å². The van der Waals surface area contributed by atoms with Gasteiger partial charge in [0, 0.05) is 0 Å². The van der Waals surface area contributed by atoms with E-state index in [1.54, 1.807) is 5.32 Å². The van der Waals surface area contributed by atoms with E-state index in [9.17, 15) is 26.7 Å². The average molecular weight is 308 g/mol. The van der Waals surface area contributed by atoms with Gasteiger partial charge < -0.3 is 10.6 Å². The zero-order valence-electron chi connectivity index (χ0n) is 11.1. The molecule has 0 aromatic heterocycles. The Kier molecular flexibility index (Phi) is 4.18. The van der Waals surface area contributed by atoms with Crippen LogP contribution < -0.4 is 10.6 Å². The number of carbonyl (C=O) groups is 1. The molecule has 21 heavy (non-hydrogen) atoms. The number of nitrogens with one attached hydrogen (secondary N) is 2. The monoisotopic (exact) mass is 308 g/mol. The molecule has 3 nitrogen and oxygen atoms in total. The fraction of sp³-hybridized carbons (Fsp3) is 0.462. The normalized spacial score (nSPS) is 22.2. The van der Waals surface area contributed by atoms with Crippen molar-refractivity contribution in [3.8, 4) is 0 Å². The van der Waals surface area contributed by atoms with Crippen LogP contribution in [0.1, 0.15) is 26.2 Å². The third kappa shape index (κ3) is 2.72. The Balaban J connectivity index is 2.34. The Labute approximate surface area is 117 Å². The molecule has 1 aliphatic rings. The minimum absolute atomic E-state index is 0.397. The van der Waals surface area contributed by atoms with E-state index in [2.05, 4.69) is 5.32 Å². The van der Waals surface area contributed by atoms with Crippen molar-refractivity contribution >= 4 is 11.6 Å². The van der Waals surface area contributed by atoms with Gasteiger partial charge in [0.1, 0.15) is 5.69 Å². The number of halogens is 5. The predicted molar refractivity (Wildman–Crippen MR) is 65.1 cm³/mol. The Morgan fingerprint density at radius 3 is 2.00 bits per heavy atom. The summed E-state index contributed by atoms with van der Waals surface area (Å²) in [4.78, 5) is 12.1. The molecular weight excluding hydrogens is 295 g/mol. The van der Waals surface area contributed by atoms with E-state index in [0.717, 1.165) is 6.42 Å². The molecule has 1 unspecified atom stereocenters. The van der Waals surface area contributed by atoms with Gasteiger partial charge in [0.15, 0.2) is 23.3 Å². The third-order valence-electron chi connectivity index (χ3n) is 3.57. The lowest BCUT2D eigenvalue weighted by Crippen LogP contribution is -2.54. The van der Waals surface area contributed by atoms with Crippen LogP contribution in [0.5, 0.6) is 0 Å². The van der Waals surface area contributed by atoms with Gasteiger partial charge in [-0.3, -0.25) is 4.79 Å². The first kappa shape index (κ1) is 15.7. The van der Waals surface area contributed by atoms with Crippen molar-refractivity contribution in [1.29, 1.82) is 0 Å². The zero-order chi connectivity index (χ0) is 15.8. The van der Waals surface area contributed by atoms with Crippen LogP contribution in [-0.2, 0) is 4.79 Å². The highest BCUT2D eigenvalue weighted by Gasteiger charge is 2.36. The summed E-state index contributed by atoms with van der Waals surface area (Å²) in [5.41, 5.74) is -2.44. The molecule has 2 N–H and O–H groups in total. The van der Waals surface area contributed by atoms with Crippen molar-refractivity contribution in [3.05, 3.63) is 29.1 Å². The maximum Gasteiger partial charge on any atom is 0.244 e. The second-order valence-corrected chi connectivity index (χ2v) is 5.12. The highest BCUT2D eigenvalue weighted by Crippen LogP contribution is 2.29. The number of benzene rings is 1. The fourth-order valence-corrected chi connectivity index (χ4v) is 2.22. The van der Waals surface area contributed by atoms with Crippen molar-refractivity contribution in [1.82, 2.24) is 5.32 Å². The summed E-state index contributed by atoms with van der Waals surface area (Å²) in [6.07, 6.45) is 1.95. The fourth-order valence-electron chi connectivity index (χ4n) is 2.22. The molecule has 8 heteroatoms. The Morgan fingerprint density at radius 1 is 1.00 bits per heavy atom. The molecule has 1 aliphatic heterocycles. The maximum atomic E-state index is 13.5. The van der Waals surface area contributed by atoms with E-state index < -0.39 is 46.2 Å². The topological polar surface area (TPSA) is 41.1 Å². The summed E-state index contributed by atoms with van der Waals surface area (Å²) in [5.74, 6) is -11.4. The molecular formula is C13H13F5N2O. The summed E-state index contributed by atoms with van der Waals surface area (Å²) in [5, 5.41) is 4.68. The summed E-state index contributed by atoms with van der Waals surface area (Å²) < 4.78 is 66.0. The molecule has 1 aromatic carbocycles. The largest absolute Gasteiger partial charge is 0.319 e. The van der Waals surface area contributed by atoms with E-state index in [-0.39, 0.29) is 0 Å². The standard InChI is InChI=1S/C13H13F5N2O/c1-13(4-2-3-5-19-13)12(21)20-11-9(17)7(15)6(14)8(16)10(11)18/h19H,2-5H2,1H3,(H,20,21). The first-order valence-electron chi connectivity index (χ1n) is 6.36. The number of hydrogen-bond donors (Lipinski definition) is 2. The number of hydrogen-bond acceptors (Lipinski definition) is 2. The summed E-state index contributed by atoms with van der Waals surface area (Å²) in [6, 6.07) is 0. The van der Waals surface area contributed by atoms with Gasteiger partial charge in [-0.1, -0.05) is 0 Å². The lowest BCUT2D eigenvalue weighted by atomic mass is 9.90. The highest BCUT2D eigenvalue weighted by atomic mass is 19.2. The zero-order valence-corrected chi connectivity index (χ0v) is 11.1. The van der Waals surface area contributed by atoms with Crippen LogP contribution in [0, 0.1) is 29.1 Å².